The van der Waals surface area contributed by atoms with Gasteiger partial charge in [0.15, 0.2) is 11.3 Å². The highest BCUT2D eigenvalue weighted by Crippen LogP contribution is 2.34. The predicted molar refractivity (Wildman–Crippen MR) is 98.2 cm³/mol. The highest BCUT2D eigenvalue weighted by molar-refractivity contribution is 6.05. The Morgan fingerprint density at radius 1 is 1.29 bits per heavy atom. The first-order valence-electron chi connectivity index (χ1n) is 8.13. The van der Waals surface area contributed by atoms with Gasteiger partial charge >= 0.3 is 17.6 Å². The van der Waals surface area contributed by atoms with Crippen LogP contribution in [0.1, 0.15) is 43.6 Å². The summed E-state index contributed by atoms with van der Waals surface area (Å²) in [6.07, 6.45) is 0. The first-order chi connectivity index (χ1) is 13.0. The molecular weight excluding hydrogens is 370 g/mol. The molecule has 0 saturated carbocycles. The average molecular weight is 391 g/mol. The Labute approximate surface area is 161 Å². The predicted octanol–water partition coefficient (Wildman–Crippen LogP) is 2.32. The zero-order valence-electron chi connectivity index (χ0n) is 16.2. The quantitative estimate of drug-likeness (QED) is 0.253. The molecule has 0 unspecified atom stereocenters. The lowest BCUT2D eigenvalue weighted by molar-refractivity contribution is -0.385. The van der Waals surface area contributed by atoms with Crippen LogP contribution in [0.2, 0.25) is 0 Å². The second-order valence-corrected chi connectivity index (χ2v) is 6.45. The van der Waals surface area contributed by atoms with E-state index in [4.69, 9.17) is 15.2 Å². The number of nitrogens with zero attached hydrogens (tertiary/aromatic N) is 2. The molecule has 0 aliphatic heterocycles. The van der Waals surface area contributed by atoms with Crippen molar-refractivity contribution in [1.29, 1.82) is 5.26 Å². The number of nitriles is 1. The fourth-order valence-electron chi connectivity index (χ4n) is 2.16. The van der Waals surface area contributed by atoms with Crippen molar-refractivity contribution in [1.82, 2.24) is 0 Å². The largest absolute Gasteiger partial charge is 0.487 e. The third-order valence-corrected chi connectivity index (χ3v) is 3.28. The van der Waals surface area contributed by atoms with Crippen molar-refractivity contribution < 1.29 is 28.7 Å². The first kappa shape index (κ1) is 22.4. The lowest BCUT2D eigenvalue weighted by atomic mass is 9.99. The van der Waals surface area contributed by atoms with Crippen LogP contribution in [0.4, 0.5) is 5.69 Å². The van der Waals surface area contributed by atoms with Gasteiger partial charge in [0.2, 0.25) is 0 Å². The van der Waals surface area contributed by atoms with Crippen molar-refractivity contribution in [2.24, 2.45) is 5.73 Å². The molecule has 0 fully saturated rings. The van der Waals surface area contributed by atoms with E-state index in [2.05, 4.69) is 4.74 Å². The van der Waals surface area contributed by atoms with Crippen molar-refractivity contribution >= 4 is 23.3 Å². The number of carbonyl (C=O) groups is 2. The number of nitro benzene ring substituents is 1. The Kier molecular flexibility index (Phi) is 7.09. The van der Waals surface area contributed by atoms with Crippen LogP contribution >= 0.6 is 0 Å². The van der Waals surface area contributed by atoms with Crippen LogP contribution in [0.15, 0.2) is 17.7 Å². The molecule has 0 amide bonds. The lowest BCUT2D eigenvalue weighted by Crippen LogP contribution is -2.26. The summed E-state index contributed by atoms with van der Waals surface area (Å²) in [6.45, 7) is 6.52. The molecule has 10 heteroatoms. The number of esters is 2. The SMILES string of the molecule is CCOc1cc(C(N)=C(C#N)C(=O)OC(C)(C)C)c(C(=O)OC)cc1[N+](=O)[O-]. The highest BCUT2D eigenvalue weighted by Gasteiger charge is 2.28. The van der Waals surface area contributed by atoms with Gasteiger partial charge in [-0.2, -0.15) is 5.26 Å². The zero-order chi connectivity index (χ0) is 21.6. The highest BCUT2D eigenvalue weighted by atomic mass is 16.6. The van der Waals surface area contributed by atoms with E-state index in [1.807, 2.05) is 0 Å². The molecule has 0 atom stereocenters. The molecule has 150 valence electrons. The molecule has 0 aliphatic carbocycles. The van der Waals surface area contributed by atoms with E-state index < -0.39 is 39.4 Å². The minimum Gasteiger partial charge on any atom is -0.487 e. The minimum absolute atomic E-state index is 0.0959. The van der Waals surface area contributed by atoms with Gasteiger partial charge in [-0.15, -0.1) is 0 Å². The van der Waals surface area contributed by atoms with E-state index >= 15 is 0 Å². The summed E-state index contributed by atoms with van der Waals surface area (Å²) in [4.78, 5) is 35.0. The van der Waals surface area contributed by atoms with Crippen LogP contribution < -0.4 is 10.5 Å². The van der Waals surface area contributed by atoms with Crippen molar-refractivity contribution in [3.63, 3.8) is 0 Å². The van der Waals surface area contributed by atoms with Gasteiger partial charge in [-0.05, 0) is 33.8 Å². The molecule has 10 nitrogen and oxygen atoms in total. The molecular formula is C18H21N3O7. The van der Waals surface area contributed by atoms with Crippen molar-refractivity contribution in [2.75, 3.05) is 13.7 Å². The van der Waals surface area contributed by atoms with Crippen LogP contribution in [0.3, 0.4) is 0 Å². The van der Waals surface area contributed by atoms with Crippen molar-refractivity contribution in [3.05, 3.63) is 38.9 Å². The number of nitrogens with two attached hydrogens (primary N) is 1. The summed E-state index contributed by atoms with van der Waals surface area (Å²) in [7, 11) is 1.08. The molecule has 0 bridgehead atoms. The smallest absolute Gasteiger partial charge is 0.351 e. The molecule has 1 rings (SSSR count). The second-order valence-electron chi connectivity index (χ2n) is 6.45. The maximum atomic E-state index is 12.3. The van der Waals surface area contributed by atoms with Crippen LogP contribution in [0, 0.1) is 21.4 Å². The number of ether oxygens (including phenoxy) is 3. The van der Waals surface area contributed by atoms with Gasteiger partial charge < -0.3 is 19.9 Å². The van der Waals surface area contributed by atoms with Gasteiger partial charge in [-0.1, -0.05) is 0 Å². The van der Waals surface area contributed by atoms with E-state index in [0.717, 1.165) is 19.2 Å². The normalized spacial score (nSPS) is 11.7. The Bertz CT molecular complexity index is 876. The van der Waals surface area contributed by atoms with E-state index in [1.165, 1.54) is 0 Å². The third kappa shape index (κ3) is 5.20. The van der Waals surface area contributed by atoms with E-state index in [9.17, 15) is 25.0 Å². The number of benzene rings is 1. The zero-order valence-corrected chi connectivity index (χ0v) is 16.2. The van der Waals surface area contributed by atoms with Crippen LogP contribution in [0.25, 0.3) is 5.70 Å². The summed E-state index contributed by atoms with van der Waals surface area (Å²) in [5.74, 6) is -2.12. The second kappa shape index (κ2) is 8.85. The van der Waals surface area contributed by atoms with Crippen LogP contribution in [-0.2, 0) is 14.3 Å². The molecule has 0 heterocycles. The lowest BCUT2D eigenvalue weighted by Gasteiger charge is -2.20. The molecule has 1 aromatic carbocycles. The van der Waals surface area contributed by atoms with Gasteiger partial charge in [-0.3, -0.25) is 10.1 Å². The van der Waals surface area contributed by atoms with E-state index in [-0.39, 0.29) is 23.5 Å². The summed E-state index contributed by atoms with van der Waals surface area (Å²) in [5.41, 5.74) is 3.22. The fourth-order valence-corrected chi connectivity index (χ4v) is 2.16. The monoisotopic (exact) mass is 391 g/mol. The van der Waals surface area contributed by atoms with Gasteiger partial charge in [0.25, 0.3) is 0 Å². The van der Waals surface area contributed by atoms with Crippen molar-refractivity contribution in [3.8, 4) is 11.8 Å². The molecule has 0 aromatic heterocycles. The molecule has 0 spiro atoms. The Morgan fingerprint density at radius 2 is 1.89 bits per heavy atom. The number of methoxy groups -OCH3 is 1. The number of rotatable bonds is 6. The summed E-state index contributed by atoms with van der Waals surface area (Å²) >= 11 is 0. The third-order valence-electron chi connectivity index (χ3n) is 3.28. The Morgan fingerprint density at radius 3 is 2.32 bits per heavy atom. The topological polar surface area (TPSA) is 155 Å². The summed E-state index contributed by atoms with van der Waals surface area (Å²) in [5, 5.41) is 20.7. The molecule has 0 saturated heterocycles. The maximum Gasteiger partial charge on any atom is 0.351 e. The van der Waals surface area contributed by atoms with Crippen LogP contribution in [0.5, 0.6) is 5.75 Å². The standard InChI is InChI=1S/C18H21N3O7/c1-6-27-14-8-10(11(16(22)26-5)7-13(14)21(24)25)15(20)12(9-19)17(23)28-18(2,3)4/h7-8H,6,20H2,1-5H3. The molecule has 0 radical (unpaired) electrons. The number of hydrogen-bond acceptors (Lipinski definition) is 9. The van der Waals surface area contributed by atoms with E-state index in [0.29, 0.717) is 0 Å². The van der Waals surface area contributed by atoms with Gasteiger partial charge in [0.1, 0.15) is 11.7 Å². The Balaban J connectivity index is 3.77. The summed E-state index contributed by atoms with van der Waals surface area (Å²) < 4.78 is 15.0. The number of hydrogen-bond donors (Lipinski definition) is 1. The number of carbonyl (C=O) groups excluding carboxylic acids is 2. The van der Waals surface area contributed by atoms with Gasteiger partial charge in [0, 0.05) is 11.6 Å². The molecule has 2 N–H and O–H groups in total. The summed E-state index contributed by atoms with van der Waals surface area (Å²) in [6, 6.07) is 3.68. The average Bonchev–Trinajstić information content (AvgIpc) is 2.59. The first-order valence-corrected chi connectivity index (χ1v) is 8.13. The molecule has 0 aliphatic rings. The van der Waals surface area contributed by atoms with E-state index in [1.54, 1.807) is 33.8 Å². The molecule has 1 aromatic rings. The van der Waals surface area contributed by atoms with Gasteiger partial charge in [0.05, 0.1) is 29.9 Å². The van der Waals surface area contributed by atoms with Crippen LogP contribution in [-0.4, -0.2) is 36.2 Å². The van der Waals surface area contributed by atoms with Gasteiger partial charge in [-0.25, -0.2) is 9.59 Å². The number of nitro groups is 1. The fraction of sp³-hybridized carbons (Fsp3) is 0.389. The molecule has 28 heavy (non-hydrogen) atoms. The minimum atomic E-state index is -1.00. The Hall–Kier alpha value is -3.61. The van der Waals surface area contributed by atoms with Crippen molar-refractivity contribution in [2.45, 2.75) is 33.3 Å². The maximum absolute atomic E-state index is 12.3.